The highest BCUT2D eigenvalue weighted by molar-refractivity contribution is 14.1. The van der Waals surface area contributed by atoms with Crippen LogP contribution in [0.5, 0.6) is 0 Å². The molecule has 1 unspecified atom stereocenters. The number of anilines is 1. The van der Waals surface area contributed by atoms with E-state index in [9.17, 15) is 0 Å². The van der Waals surface area contributed by atoms with Crippen molar-refractivity contribution in [2.24, 2.45) is 0 Å². The van der Waals surface area contributed by atoms with E-state index in [1.165, 1.54) is 0 Å². The highest BCUT2D eigenvalue weighted by Gasteiger charge is 2.21. The zero-order valence-electron chi connectivity index (χ0n) is 7.98. The van der Waals surface area contributed by atoms with E-state index in [1.54, 1.807) is 12.4 Å². The highest BCUT2D eigenvalue weighted by Crippen LogP contribution is 2.17. The molecule has 0 spiro atoms. The Morgan fingerprint density at radius 3 is 2.93 bits per heavy atom. The first-order valence-electron chi connectivity index (χ1n) is 4.55. The maximum Gasteiger partial charge on any atom is 0.147 e. The minimum absolute atomic E-state index is 0.448. The Balaban J connectivity index is 2.09. The first-order valence-corrected chi connectivity index (χ1v) is 5.63. The third kappa shape index (κ3) is 2.14. The predicted molar refractivity (Wildman–Crippen MR) is 62.4 cm³/mol. The van der Waals surface area contributed by atoms with Crippen molar-refractivity contribution in [2.75, 3.05) is 25.2 Å². The van der Waals surface area contributed by atoms with Gasteiger partial charge in [0.25, 0.3) is 0 Å². The van der Waals surface area contributed by atoms with E-state index in [0.29, 0.717) is 6.04 Å². The van der Waals surface area contributed by atoms with Crippen molar-refractivity contribution in [2.45, 2.75) is 12.5 Å². The maximum atomic E-state index is 5.33. The second-order valence-electron chi connectivity index (χ2n) is 3.33. The van der Waals surface area contributed by atoms with Crippen LogP contribution < -0.4 is 4.90 Å². The molecule has 0 N–H and O–H groups in total. The van der Waals surface area contributed by atoms with Gasteiger partial charge in [-0.2, -0.15) is 0 Å². The van der Waals surface area contributed by atoms with E-state index in [4.69, 9.17) is 4.74 Å². The van der Waals surface area contributed by atoms with E-state index < -0.39 is 0 Å². The van der Waals surface area contributed by atoms with Crippen molar-refractivity contribution in [3.05, 3.63) is 16.1 Å². The summed E-state index contributed by atoms with van der Waals surface area (Å²) < 4.78 is 6.25. The molecule has 1 fully saturated rings. The summed E-state index contributed by atoms with van der Waals surface area (Å²) in [4.78, 5) is 10.7. The fourth-order valence-corrected chi connectivity index (χ4v) is 1.78. The molecule has 0 aromatic carbocycles. The van der Waals surface area contributed by atoms with Gasteiger partial charge in [-0.1, -0.05) is 0 Å². The van der Waals surface area contributed by atoms with Crippen LogP contribution in [0.25, 0.3) is 0 Å². The van der Waals surface area contributed by atoms with Gasteiger partial charge in [0.1, 0.15) is 9.52 Å². The Bertz CT molecular complexity index is 297. The molecule has 4 nitrogen and oxygen atoms in total. The lowest BCUT2D eigenvalue weighted by molar-refractivity contribution is 0.193. The third-order valence-corrected chi connectivity index (χ3v) is 2.98. The SMILES string of the molecule is CN(c1cnc(I)cn1)C1CCOC1. The zero-order valence-corrected chi connectivity index (χ0v) is 10.1. The van der Waals surface area contributed by atoms with Gasteiger partial charge in [0, 0.05) is 13.7 Å². The Hall–Kier alpha value is -0.430. The van der Waals surface area contributed by atoms with Crippen molar-refractivity contribution in [1.82, 2.24) is 9.97 Å². The molecule has 76 valence electrons. The molecule has 0 amide bonds. The molecule has 0 radical (unpaired) electrons. The molecule has 1 aromatic heterocycles. The second kappa shape index (κ2) is 4.39. The monoisotopic (exact) mass is 305 g/mol. The number of rotatable bonds is 2. The lowest BCUT2D eigenvalue weighted by atomic mass is 10.2. The lowest BCUT2D eigenvalue weighted by Gasteiger charge is -2.23. The molecule has 0 saturated carbocycles. The van der Waals surface area contributed by atoms with Gasteiger partial charge >= 0.3 is 0 Å². The van der Waals surface area contributed by atoms with Gasteiger partial charge in [-0.15, -0.1) is 0 Å². The fourth-order valence-electron chi connectivity index (χ4n) is 1.50. The molecule has 1 saturated heterocycles. The predicted octanol–water partition coefficient (Wildman–Crippen LogP) is 1.31. The molecule has 2 rings (SSSR count). The van der Waals surface area contributed by atoms with E-state index in [1.807, 2.05) is 7.05 Å². The molecule has 1 aliphatic heterocycles. The lowest BCUT2D eigenvalue weighted by Crippen LogP contribution is -2.32. The fraction of sp³-hybridized carbons (Fsp3) is 0.556. The van der Waals surface area contributed by atoms with Gasteiger partial charge in [0.2, 0.25) is 0 Å². The molecule has 2 heterocycles. The van der Waals surface area contributed by atoms with Gasteiger partial charge in [0.05, 0.1) is 25.0 Å². The van der Waals surface area contributed by atoms with Crippen LogP contribution in [0, 0.1) is 3.70 Å². The van der Waals surface area contributed by atoms with Crippen molar-refractivity contribution >= 4 is 28.4 Å². The first kappa shape index (κ1) is 10.1. The Morgan fingerprint density at radius 1 is 1.50 bits per heavy atom. The van der Waals surface area contributed by atoms with Gasteiger partial charge in [-0.05, 0) is 29.0 Å². The van der Waals surface area contributed by atoms with Crippen molar-refractivity contribution in [1.29, 1.82) is 0 Å². The van der Waals surface area contributed by atoms with Crippen LogP contribution in [0.15, 0.2) is 12.4 Å². The summed E-state index contributed by atoms with van der Waals surface area (Å²) >= 11 is 2.15. The number of hydrogen-bond donors (Lipinski definition) is 0. The van der Waals surface area contributed by atoms with Crippen LogP contribution in [-0.2, 0) is 4.74 Å². The molecular weight excluding hydrogens is 293 g/mol. The average molecular weight is 305 g/mol. The van der Waals surface area contributed by atoms with E-state index in [-0.39, 0.29) is 0 Å². The molecule has 0 aliphatic carbocycles. The molecule has 1 aromatic rings. The number of ether oxygens (including phenoxy) is 1. The summed E-state index contributed by atoms with van der Waals surface area (Å²) in [6.45, 7) is 1.65. The highest BCUT2D eigenvalue weighted by atomic mass is 127. The van der Waals surface area contributed by atoms with Crippen LogP contribution in [0.3, 0.4) is 0 Å². The first-order chi connectivity index (χ1) is 6.77. The second-order valence-corrected chi connectivity index (χ2v) is 4.43. The summed E-state index contributed by atoms with van der Waals surface area (Å²) in [5, 5.41) is 0. The molecule has 1 aliphatic rings. The number of nitrogens with zero attached hydrogens (tertiary/aromatic N) is 3. The van der Waals surface area contributed by atoms with Crippen molar-refractivity contribution in [3.63, 3.8) is 0 Å². The molecular formula is C9H12IN3O. The van der Waals surface area contributed by atoms with Crippen molar-refractivity contribution in [3.8, 4) is 0 Å². The molecule has 1 atom stereocenters. The summed E-state index contributed by atoms with van der Waals surface area (Å²) in [7, 11) is 2.04. The summed E-state index contributed by atoms with van der Waals surface area (Å²) in [5.41, 5.74) is 0. The van der Waals surface area contributed by atoms with Gasteiger partial charge in [-0.25, -0.2) is 9.97 Å². The van der Waals surface area contributed by atoms with Crippen LogP contribution in [0.2, 0.25) is 0 Å². The van der Waals surface area contributed by atoms with E-state index >= 15 is 0 Å². The number of likely N-dealkylation sites (N-methyl/N-ethyl adjacent to an activating group) is 1. The maximum absolute atomic E-state index is 5.33. The smallest absolute Gasteiger partial charge is 0.147 e. The molecule has 14 heavy (non-hydrogen) atoms. The summed E-state index contributed by atoms with van der Waals surface area (Å²) in [6, 6.07) is 0.448. The van der Waals surface area contributed by atoms with Crippen molar-refractivity contribution < 1.29 is 4.74 Å². The zero-order chi connectivity index (χ0) is 9.97. The Kier molecular flexibility index (Phi) is 3.17. The summed E-state index contributed by atoms with van der Waals surface area (Å²) in [6.07, 6.45) is 4.66. The van der Waals surface area contributed by atoms with Gasteiger partial charge in [0.15, 0.2) is 0 Å². The topological polar surface area (TPSA) is 38.2 Å². The number of halogens is 1. The normalized spacial score (nSPS) is 21.1. The van der Waals surface area contributed by atoms with Crippen LogP contribution in [0.1, 0.15) is 6.42 Å². The minimum atomic E-state index is 0.448. The Morgan fingerprint density at radius 2 is 2.36 bits per heavy atom. The minimum Gasteiger partial charge on any atom is -0.379 e. The average Bonchev–Trinajstić information content (AvgIpc) is 2.71. The third-order valence-electron chi connectivity index (χ3n) is 2.42. The van der Waals surface area contributed by atoms with Gasteiger partial charge in [-0.3, -0.25) is 0 Å². The summed E-state index contributed by atoms with van der Waals surface area (Å²) in [5.74, 6) is 0.918. The number of hydrogen-bond acceptors (Lipinski definition) is 4. The Labute approximate surface area is 96.8 Å². The van der Waals surface area contributed by atoms with E-state index in [0.717, 1.165) is 29.2 Å². The van der Waals surface area contributed by atoms with Crippen LogP contribution in [-0.4, -0.2) is 36.3 Å². The van der Waals surface area contributed by atoms with E-state index in [2.05, 4.69) is 37.5 Å². The largest absolute Gasteiger partial charge is 0.379 e. The van der Waals surface area contributed by atoms with Crippen LogP contribution >= 0.6 is 22.6 Å². The van der Waals surface area contributed by atoms with Crippen LogP contribution in [0.4, 0.5) is 5.82 Å². The molecule has 5 heteroatoms. The number of aromatic nitrogens is 2. The molecule has 0 bridgehead atoms. The van der Waals surface area contributed by atoms with Gasteiger partial charge < -0.3 is 9.64 Å². The quantitative estimate of drug-likeness (QED) is 0.772. The standard InChI is InChI=1S/C9H12IN3O/c1-13(7-2-3-14-6-7)9-5-11-8(10)4-12-9/h4-5,7H,2-3,6H2,1H3.